The molecule has 1 aliphatic heterocycles. The maximum atomic E-state index is 14.7. The van der Waals surface area contributed by atoms with E-state index in [0.717, 1.165) is 12.2 Å². The lowest BCUT2D eigenvalue weighted by molar-refractivity contribution is 0.122. The van der Waals surface area contributed by atoms with Crippen LogP contribution in [0, 0.1) is 17.1 Å². The number of aromatic nitrogens is 2. The Morgan fingerprint density at radius 3 is 2.78 bits per heavy atom. The molecule has 166 valence electrons. The highest BCUT2D eigenvalue weighted by Crippen LogP contribution is 2.37. The van der Waals surface area contributed by atoms with Crippen molar-refractivity contribution in [2.45, 2.75) is 13.3 Å². The number of ether oxygens (including phenoxy) is 1. The van der Waals surface area contributed by atoms with E-state index >= 15 is 0 Å². The van der Waals surface area contributed by atoms with E-state index < -0.39 is 5.82 Å². The van der Waals surface area contributed by atoms with Gasteiger partial charge in [-0.2, -0.15) is 5.26 Å². The number of hydrogen-bond donors (Lipinski definition) is 2. The van der Waals surface area contributed by atoms with Crippen molar-refractivity contribution in [1.82, 2.24) is 9.97 Å². The summed E-state index contributed by atoms with van der Waals surface area (Å²) >= 11 is 7.97. The van der Waals surface area contributed by atoms with Crippen LogP contribution in [-0.4, -0.2) is 42.0 Å². The molecule has 1 aliphatic rings. The Morgan fingerprint density at radius 1 is 1.25 bits per heavy atom. The maximum absolute atomic E-state index is 14.7. The van der Waals surface area contributed by atoms with Crippen LogP contribution in [0.15, 0.2) is 30.5 Å². The number of nitriles is 1. The fourth-order valence-corrected chi connectivity index (χ4v) is 4.28. The maximum Gasteiger partial charge on any atom is 0.148 e. The smallest absolute Gasteiger partial charge is 0.148 e. The Kier molecular flexibility index (Phi) is 7.15. The number of nitrogens with one attached hydrogen (secondary N) is 2. The predicted octanol–water partition coefficient (Wildman–Crippen LogP) is 5.34. The van der Waals surface area contributed by atoms with E-state index in [4.69, 9.17) is 16.3 Å². The van der Waals surface area contributed by atoms with Crippen LogP contribution in [0.25, 0.3) is 11.0 Å². The Balaban J connectivity index is 1.70. The number of benzene rings is 2. The third kappa shape index (κ3) is 4.67. The highest BCUT2D eigenvalue weighted by molar-refractivity contribution is 8.00. The molecule has 1 aromatic heterocycles. The van der Waals surface area contributed by atoms with Gasteiger partial charge in [0, 0.05) is 18.8 Å². The van der Waals surface area contributed by atoms with Gasteiger partial charge in [-0.1, -0.05) is 30.5 Å². The third-order valence-corrected chi connectivity index (χ3v) is 6.36. The summed E-state index contributed by atoms with van der Waals surface area (Å²) in [7, 11) is 0. The molecule has 0 amide bonds. The number of fused-ring (bicyclic) bond motifs is 1. The van der Waals surface area contributed by atoms with Gasteiger partial charge in [-0.05, 0) is 30.7 Å². The van der Waals surface area contributed by atoms with Crippen LogP contribution in [0.2, 0.25) is 5.02 Å². The number of rotatable bonds is 7. The molecule has 0 unspecified atom stereocenters. The van der Waals surface area contributed by atoms with Crippen LogP contribution >= 0.6 is 23.5 Å². The summed E-state index contributed by atoms with van der Waals surface area (Å²) in [6, 6.07) is 8.56. The number of anilines is 4. The van der Waals surface area contributed by atoms with Crippen LogP contribution in [0.3, 0.4) is 0 Å². The minimum atomic E-state index is -0.516. The molecule has 0 bridgehead atoms. The first-order chi connectivity index (χ1) is 15.6. The Morgan fingerprint density at radius 2 is 2.03 bits per heavy atom. The largest absolute Gasteiger partial charge is 0.378 e. The van der Waals surface area contributed by atoms with Crippen LogP contribution in [-0.2, 0) is 4.74 Å². The van der Waals surface area contributed by atoms with Crippen molar-refractivity contribution in [1.29, 1.82) is 5.26 Å². The van der Waals surface area contributed by atoms with Gasteiger partial charge in [-0.3, -0.25) is 4.98 Å². The van der Waals surface area contributed by atoms with Gasteiger partial charge in [0.25, 0.3) is 0 Å². The van der Waals surface area contributed by atoms with Crippen LogP contribution < -0.4 is 14.9 Å². The molecule has 0 aliphatic carbocycles. The third-order valence-electron chi connectivity index (χ3n) is 4.99. The van der Waals surface area contributed by atoms with E-state index in [1.165, 1.54) is 18.0 Å². The first kappa shape index (κ1) is 22.4. The molecule has 4 rings (SSSR count). The number of morpholine rings is 1. The highest BCUT2D eigenvalue weighted by atomic mass is 35.5. The van der Waals surface area contributed by atoms with Gasteiger partial charge < -0.3 is 19.7 Å². The highest BCUT2D eigenvalue weighted by Gasteiger charge is 2.18. The lowest BCUT2D eigenvalue weighted by Crippen LogP contribution is -2.36. The number of hydrogen-bond acceptors (Lipinski definition) is 8. The molecule has 7 nitrogen and oxygen atoms in total. The Bertz CT molecular complexity index is 1170. The van der Waals surface area contributed by atoms with Crippen molar-refractivity contribution in [2.75, 3.05) is 47.0 Å². The summed E-state index contributed by atoms with van der Waals surface area (Å²) in [6.45, 7) is 4.72. The summed E-state index contributed by atoms with van der Waals surface area (Å²) in [5.74, 6) is 1.06. The molecule has 2 aromatic carbocycles. The predicted molar refractivity (Wildman–Crippen MR) is 128 cm³/mol. The van der Waals surface area contributed by atoms with Crippen LogP contribution in [0.5, 0.6) is 0 Å². The average molecular weight is 473 g/mol. The molecule has 1 saturated heterocycles. The minimum Gasteiger partial charge on any atom is -0.378 e. The molecule has 2 heterocycles. The van der Waals surface area contributed by atoms with Crippen molar-refractivity contribution in [3.63, 3.8) is 0 Å². The molecule has 1 fully saturated rings. The summed E-state index contributed by atoms with van der Waals surface area (Å²) in [5.41, 5.74) is 2.42. The zero-order chi connectivity index (χ0) is 22.5. The van der Waals surface area contributed by atoms with Crippen molar-refractivity contribution in [3.05, 3.63) is 46.9 Å². The minimum absolute atomic E-state index is 0.0990. The SMILES string of the molecule is CCCSNc1ccc(F)c(Nc2ccc3ncc(N4CCOCC4)nc3c2C#N)c1Cl. The number of nitrogens with zero attached hydrogens (tertiary/aromatic N) is 4. The lowest BCUT2D eigenvalue weighted by atomic mass is 10.1. The summed E-state index contributed by atoms with van der Waals surface area (Å²) in [4.78, 5) is 11.2. The van der Waals surface area contributed by atoms with Crippen molar-refractivity contribution < 1.29 is 9.13 Å². The second-order valence-electron chi connectivity index (χ2n) is 7.15. The number of halogens is 2. The summed E-state index contributed by atoms with van der Waals surface area (Å²) in [5, 5.41) is 13.1. The standard InChI is InChI=1S/C22H22ClFN6OS/c1-2-11-32-29-17-4-3-15(24)22(20(17)23)27-16-5-6-18-21(14(16)12-25)28-19(13-26-18)30-7-9-31-10-8-30/h3-6,13,27,29H,2,7-11H2,1H3. The van der Waals surface area contributed by atoms with Crippen molar-refractivity contribution in [3.8, 4) is 6.07 Å². The zero-order valence-corrected chi connectivity index (χ0v) is 19.1. The second-order valence-corrected chi connectivity index (χ2v) is 8.43. The average Bonchev–Trinajstić information content (AvgIpc) is 2.83. The van der Waals surface area contributed by atoms with Gasteiger partial charge in [-0.15, -0.1) is 0 Å². The molecule has 0 atom stereocenters. The van der Waals surface area contributed by atoms with Gasteiger partial charge >= 0.3 is 0 Å². The van der Waals surface area contributed by atoms with Gasteiger partial charge in [0.15, 0.2) is 0 Å². The van der Waals surface area contributed by atoms with E-state index in [2.05, 4.69) is 37.9 Å². The second kappa shape index (κ2) is 10.2. The van der Waals surface area contributed by atoms with E-state index in [-0.39, 0.29) is 16.3 Å². The van der Waals surface area contributed by atoms with Gasteiger partial charge in [0.2, 0.25) is 0 Å². The molecule has 2 N–H and O–H groups in total. The molecule has 0 saturated carbocycles. The monoisotopic (exact) mass is 472 g/mol. The van der Waals surface area contributed by atoms with Gasteiger partial charge in [0.05, 0.1) is 47.0 Å². The topological polar surface area (TPSA) is 86.1 Å². The zero-order valence-electron chi connectivity index (χ0n) is 17.5. The van der Waals surface area contributed by atoms with E-state index in [0.29, 0.717) is 54.5 Å². The van der Waals surface area contributed by atoms with E-state index in [1.54, 1.807) is 24.4 Å². The first-order valence-corrected chi connectivity index (χ1v) is 11.6. The molecule has 0 radical (unpaired) electrons. The molecular formula is C22H22ClFN6OS. The van der Waals surface area contributed by atoms with Crippen molar-refractivity contribution >= 4 is 57.5 Å². The summed E-state index contributed by atoms with van der Waals surface area (Å²) < 4.78 is 23.2. The Labute approximate surface area is 195 Å². The Hall–Kier alpha value is -2.80. The molecule has 32 heavy (non-hydrogen) atoms. The van der Waals surface area contributed by atoms with E-state index in [1.807, 2.05) is 0 Å². The quantitative estimate of drug-likeness (QED) is 0.352. The van der Waals surface area contributed by atoms with Gasteiger partial charge in [-0.25, -0.2) is 9.37 Å². The molecule has 3 aromatic rings. The summed E-state index contributed by atoms with van der Waals surface area (Å²) in [6.07, 6.45) is 2.69. The first-order valence-electron chi connectivity index (χ1n) is 10.3. The van der Waals surface area contributed by atoms with Crippen molar-refractivity contribution in [2.24, 2.45) is 0 Å². The van der Waals surface area contributed by atoms with Crippen LogP contribution in [0.1, 0.15) is 18.9 Å². The lowest BCUT2D eigenvalue weighted by Gasteiger charge is -2.27. The molecular weight excluding hydrogens is 451 g/mol. The fourth-order valence-electron chi connectivity index (χ4n) is 3.34. The van der Waals surface area contributed by atoms with E-state index in [9.17, 15) is 9.65 Å². The fraction of sp³-hybridized carbons (Fsp3) is 0.318. The normalized spacial score (nSPS) is 13.8. The van der Waals surface area contributed by atoms with Gasteiger partial charge in [0.1, 0.15) is 28.8 Å². The molecule has 10 heteroatoms. The molecule has 0 spiro atoms. The van der Waals surface area contributed by atoms with Crippen LogP contribution in [0.4, 0.5) is 27.3 Å².